The van der Waals surface area contributed by atoms with Gasteiger partial charge in [0.25, 0.3) is 10.2 Å². The highest BCUT2D eigenvalue weighted by Gasteiger charge is 2.49. The van der Waals surface area contributed by atoms with Gasteiger partial charge in [-0.05, 0) is 36.8 Å². The summed E-state index contributed by atoms with van der Waals surface area (Å²) in [4.78, 5) is 67.6. The second-order valence-electron chi connectivity index (χ2n) is 19.0. The number of carbonyl (C=O) groups excluding carboxylic acids is 4. The Bertz CT molecular complexity index is 3140. The third-order valence-corrected chi connectivity index (χ3v) is 13.7. The number of likely N-dealkylation sites (tertiary alicyclic amines) is 1. The van der Waals surface area contributed by atoms with E-state index in [-0.39, 0.29) is 148 Å². The lowest BCUT2D eigenvalue weighted by molar-refractivity contribution is -0.668. The lowest BCUT2D eigenvalue weighted by Crippen LogP contribution is -2.61. The number of aromatic nitrogens is 3. The Hall–Kier alpha value is -7.03. The van der Waals surface area contributed by atoms with E-state index in [1.54, 1.807) is 13.8 Å². The van der Waals surface area contributed by atoms with E-state index in [2.05, 4.69) is 27.5 Å². The largest absolute Gasteiger partial charge is 0.492 e. The van der Waals surface area contributed by atoms with Gasteiger partial charge < -0.3 is 80.2 Å². The second kappa shape index (κ2) is 28.3. The van der Waals surface area contributed by atoms with E-state index in [1.165, 1.54) is 63.0 Å². The third-order valence-electron chi connectivity index (χ3n) is 13.1. The quantitative estimate of drug-likeness (QED) is 0.0122. The summed E-state index contributed by atoms with van der Waals surface area (Å²) < 4.78 is 82.9. The minimum Gasteiger partial charge on any atom is -0.492 e. The van der Waals surface area contributed by atoms with Gasteiger partial charge in [0.1, 0.15) is 64.9 Å². The number of hydrogen-bond acceptors (Lipinski definition) is 21. The van der Waals surface area contributed by atoms with Crippen molar-refractivity contribution in [3.63, 3.8) is 0 Å². The molecule has 0 spiro atoms. The van der Waals surface area contributed by atoms with Crippen molar-refractivity contribution in [2.45, 2.75) is 94.9 Å². The van der Waals surface area contributed by atoms with Crippen LogP contribution in [0.15, 0.2) is 48.9 Å². The van der Waals surface area contributed by atoms with Gasteiger partial charge in [-0.3, -0.25) is 24.1 Å². The van der Waals surface area contributed by atoms with Gasteiger partial charge in [-0.1, -0.05) is 35.9 Å². The van der Waals surface area contributed by atoms with Gasteiger partial charge in [-0.15, -0.1) is 0 Å². The molecule has 7 rings (SSSR count). The molecule has 3 aliphatic rings. The molecule has 82 heavy (non-hydrogen) atoms. The predicted octanol–water partition coefficient (Wildman–Crippen LogP) is -3.15. The number of halogens is 1. The fraction of sp³-hybridized carbons (Fsp3) is 0.510. The van der Waals surface area contributed by atoms with Crippen molar-refractivity contribution >= 4 is 62.3 Å². The smallest absolute Gasteiger partial charge is 0.335 e. The van der Waals surface area contributed by atoms with Gasteiger partial charge in [0.15, 0.2) is 6.10 Å². The SMILES string of the molecule is CCOc1cccc(F)c1C#Cc1cn([C@@H]2O[C@H](CNS(N)(=O)=O)[C@@H](O)[C@H]2O)c2c1c(N)nc[n+]2Cc1ccc(O[C@@H]2O[C@H](C(=O)O)[C@@H](O)[C@H](O)[C@H]2O)c(NC(=O)CCNC(=O)CCOCCOCCOCCN2C(=O)CC(C)C2=O)c1. The fourth-order valence-corrected chi connectivity index (χ4v) is 9.38. The molecular weight excluding hydrogens is 1110 g/mol. The van der Waals surface area contributed by atoms with Crippen LogP contribution in [0.5, 0.6) is 11.5 Å². The highest BCUT2D eigenvalue weighted by Crippen LogP contribution is 2.36. The van der Waals surface area contributed by atoms with Crippen molar-refractivity contribution in [1.82, 2.24) is 24.5 Å². The number of benzene rings is 2. The van der Waals surface area contributed by atoms with Crippen molar-refractivity contribution < 1.29 is 105 Å². The monoisotopic (exact) mass is 1170 g/mol. The Labute approximate surface area is 468 Å². The lowest BCUT2D eigenvalue weighted by atomic mass is 9.99. The summed E-state index contributed by atoms with van der Waals surface area (Å²) in [5.74, 6) is 1.22. The van der Waals surface area contributed by atoms with E-state index in [0.29, 0.717) is 5.56 Å². The summed E-state index contributed by atoms with van der Waals surface area (Å²) >= 11 is 0. The molecule has 10 atom stereocenters. The number of fused-ring (bicyclic) bond motifs is 1. The number of nitrogen functional groups attached to an aromatic ring is 1. The van der Waals surface area contributed by atoms with Crippen LogP contribution >= 0.6 is 0 Å². The summed E-state index contributed by atoms with van der Waals surface area (Å²) in [6, 6.07) is 8.35. The minimum atomic E-state index is -4.27. The standard InChI is InChI=1S/C51H64FN9O20S/c1-3-78-33-6-4-5-31(52)30(33)9-8-29-25-61(49-43(68)40(65)35(79-49)23-57-82(54,73)74)47-39(29)46(53)56-26-59(47)24-28-7-10-34(80-51-44(69)41(66)42(67)45(81-51)50(71)72)32(22-28)58-37(63)11-13-55-36(62)12-15-75-17-19-77-20-18-76-16-14-60-38(64)21-27(2)48(60)70/h4-7,10,22,25-27,35,40-45,49,51,53,57,65-69H,3,11-21,23-24H2,1-2H3,(H5,54,55,58,62,63,71,72,73,74)/p+1/t27?,35-,40-,41+,42+,43-,44-,45+,49-,51-/m1/s1. The number of anilines is 2. The molecule has 0 aliphatic carbocycles. The van der Waals surface area contributed by atoms with Crippen LogP contribution in [0.1, 0.15) is 56.0 Å². The molecule has 0 saturated carbocycles. The number of carboxylic acids is 1. The molecular formula is C51H65FN9O20S+. The van der Waals surface area contributed by atoms with E-state index in [4.69, 9.17) is 44.0 Å². The summed E-state index contributed by atoms with van der Waals surface area (Å²) in [6.07, 6.45) is -13.7. The van der Waals surface area contributed by atoms with Crippen LogP contribution in [0.3, 0.4) is 0 Å². The van der Waals surface area contributed by atoms with Crippen molar-refractivity contribution in [3.8, 4) is 23.3 Å². The first-order chi connectivity index (χ1) is 39.1. The Morgan fingerprint density at radius 2 is 1.62 bits per heavy atom. The first-order valence-electron chi connectivity index (χ1n) is 25.8. The Morgan fingerprint density at radius 1 is 0.902 bits per heavy atom. The number of rotatable bonds is 27. The van der Waals surface area contributed by atoms with Gasteiger partial charge in [-0.2, -0.15) is 13.1 Å². The number of ether oxygens (including phenoxy) is 7. The molecule has 2 aromatic heterocycles. The molecule has 2 aromatic carbocycles. The molecule has 31 heteroatoms. The van der Waals surface area contributed by atoms with Gasteiger partial charge in [0, 0.05) is 38.3 Å². The molecule has 5 heterocycles. The zero-order valence-electron chi connectivity index (χ0n) is 44.4. The van der Waals surface area contributed by atoms with Crippen LogP contribution in [0.2, 0.25) is 0 Å². The number of aliphatic hydroxyl groups is 5. The molecule has 4 aromatic rings. The fourth-order valence-electron chi connectivity index (χ4n) is 8.98. The average molecular weight is 1180 g/mol. The maximum atomic E-state index is 15.2. The Morgan fingerprint density at radius 3 is 2.30 bits per heavy atom. The molecule has 4 amide bonds. The van der Waals surface area contributed by atoms with Crippen LogP contribution in [-0.4, -0.2) is 198 Å². The molecule has 3 saturated heterocycles. The number of nitrogens with one attached hydrogen (secondary N) is 3. The third kappa shape index (κ3) is 15.7. The minimum absolute atomic E-state index is 0.0247. The predicted molar refractivity (Wildman–Crippen MR) is 279 cm³/mol. The molecule has 3 aliphatic heterocycles. The van der Waals surface area contributed by atoms with Crippen molar-refractivity contribution in [2.24, 2.45) is 11.1 Å². The van der Waals surface area contributed by atoms with Crippen LogP contribution in [0, 0.1) is 23.6 Å². The van der Waals surface area contributed by atoms with Gasteiger partial charge in [0.2, 0.25) is 53.9 Å². The number of amides is 4. The van der Waals surface area contributed by atoms with E-state index in [1.807, 2.05) is 4.72 Å². The summed E-state index contributed by atoms with van der Waals surface area (Å²) in [6.45, 7) is 3.90. The molecule has 3 fully saturated rings. The zero-order chi connectivity index (χ0) is 59.4. The summed E-state index contributed by atoms with van der Waals surface area (Å²) in [5, 5.41) is 74.3. The van der Waals surface area contributed by atoms with Crippen molar-refractivity contribution in [1.29, 1.82) is 0 Å². The average Bonchev–Trinajstić information content (AvgIpc) is 2.57. The van der Waals surface area contributed by atoms with E-state index in [0.717, 1.165) is 0 Å². The van der Waals surface area contributed by atoms with E-state index < -0.39 is 95.6 Å². The van der Waals surface area contributed by atoms with E-state index >= 15 is 4.39 Å². The highest BCUT2D eigenvalue weighted by atomic mass is 32.2. The number of aliphatic carboxylic acids is 1. The molecule has 13 N–H and O–H groups in total. The lowest BCUT2D eigenvalue weighted by Gasteiger charge is -2.38. The summed E-state index contributed by atoms with van der Waals surface area (Å²) in [7, 11) is -4.27. The number of imide groups is 1. The number of nitrogens with zero attached hydrogens (tertiary/aromatic N) is 4. The van der Waals surface area contributed by atoms with E-state index in [9.17, 15) is 63.0 Å². The molecule has 0 bridgehead atoms. The molecule has 446 valence electrons. The maximum Gasteiger partial charge on any atom is 0.335 e. The highest BCUT2D eigenvalue weighted by molar-refractivity contribution is 7.87. The number of nitrogens with two attached hydrogens (primary N) is 2. The zero-order valence-corrected chi connectivity index (χ0v) is 45.2. The van der Waals surface area contributed by atoms with Gasteiger partial charge in [0.05, 0.1) is 76.8 Å². The second-order valence-corrected chi connectivity index (χ2v) is 20.4. The number of carboxylic acid groups (broad SMARTS) is 1. The van der Waals surface area contributed by atoms with Crippen LogP contribution in [0.4, 0.5) is 15.9 Å². The van der Waals surface area contributed by atoms with Crippen LogP contribution in [-0.2, 0) is 64.4 Å². The van der Waals surface area contributed by atoms with Gasteiger partial charge in [-0.25, -0.2) is 23.5 Å². The Kier molecular flexibility index (Phi) is 21.6. The molecule has 0 radical (unpaired) electrons. The number of aliphatic hydroxyl groups excluding tert-OH is 5. The number of hydrogen-bond donors (Lipinski definition) is 11. The molecule has 1 unspecified atom stereocenters. The Balaban J connectivity index is 1.07. The van der Waals surface area contributed by atoms with Gasteiger partial charge >= 0.3 is 5.97 Å². The van der Waals surface area contributed by atoms with Crippen LogP contribution < -0.4 is 40.3 Å². The summed E-state index contributed by atoms with van der Waals surface area (Å²) in [5.41, 5.74) is 6.92. The van der Waals surface area contributed by atoms with Crippen molar-refractivity contribution in [2.75, 3.05) is 76.9 Å². The number of carbonyl (C=O) groups is 5. The first kappa shape index (κ1) is 62.6. The van der Waals surface area contributed by atoms with Crippen molar-refractivity contribution in [3.05, 3.63) is 71.4 Å². The molecule has 29 nitrogen and oxygen atoms in total. The normalized spacial score (nSPS) is 23.6. The topological polar surface area (TPSA) is 419 Å². The maximum absolute atomic E-state index is 15.2. The first-order valence-corrected chi connectivity index (χ1v) is 27.4. The van der Waals surface area contributed by atoms with Crippen LogP contribution in [0.25, 0.3) is 11.0 Å².